The van der Waals surface area contributed by atoms with E-state index in [1.54, 1.807) is 0 Å². The first kappa shape index (κ1) is 8.46. The highest BCUT2D eigenvalue weighted by Crippen LogP contribution is 2.22. The van der Waals surface area contributed by atoms with E-state index in [-0.39, 0.29) is 6.04 Å². The number of hydroxylamine groups is 1. The Balaban J connectivity index is 2.35. The summed E-state index contributed by atoms with van der Waals surface area (Å²) < 4.78 is 0. The van der Waals surface area contributed by atoms with Crippen molar-refractivity contribution in [3.8, 4) is 0 Å². The van der Waals surface area contributed by atoms with Gasteiger partial charge in [0.05, 0.1) is 18.4 Å². The van der Waals surface area contributed by atoms with Crippen LogP contribution < -0.4 is 0 Å². The van der Waals surface area contributed by atoms with Crippen molar-refractivity contribution in [2.24, 2.45) is 5.29 Å². The Morgan fingerprint density at radius 2 is 2.00 bits per heavy atom. The van der Waals surface area contributed by atoms with Crippen LogP contribution in [0.4, 0.5) is 0 Å². The maximum atomic E-state index is 10.2. The molecule has 0 aromatic carbocycles. The van der Waals surface area contributed by atoms with Gasteiger partial charge in [0.25, 0.3) is 0 Å². The Morgan fingerprint density at radius 1 is 1.36 bits per heavy atom. The Labute approximate surface area is 66.4 Å². The van der Waals surface area contributed by atoms with Crippen molar-refractivity contribution >= 4 is 0 Å². The third-order valence-corrected chi connectivity index (χ3v) is 2.15. The highest BCUT2D eigenvalue weighted by Gasteiger charge is 2.20. The smallest absolute Gasteiger partial charge is 0.0791 e. The van der Waals surface area contributed by atoms with Crippen molar-refractivity contribution in [3.05, 3.63) is 4.91 Å². The van der Waals surface area contributed by atoms with E-state index in [1.807, 2.05) is 0 Å². The molecule has 64 valence electrons. The molecule has 0 aliphatic heterocycles. The monoisotopic (exact) mass is 158 g/mol. The van der Waals surface area contributed by atoms with Gasteiger partial charge in [0.2, 0.25) is 0 Å². The molecule has 0 atom stereocenters. The first-order valence-electron chi connectivity index (χ1n) is 4.05. The van der Waals surface area contributed by atoms with E-state index in [1.165, 1.54) is 31.5 Å². The highest BCUT2D eigenvalue weighted by molar-refractivity contribution is 4.69. The normalized spacial score (nSPS) is 19.7. The predicted octanol–water partition coefficient (Wildman–Crippen LogP) is 1.86. The zero-order valence-electron chi connectivity index (χ0n) is 6.82. The van der Waals surface area contributed by atoms with Gasteiger partial charge in [-0.15, -0.1) is 10.1 Å². The number of rotatable bonds is 3. The third-order valence-electron chi connectivity index (χ3n) is 2.15. The van der Waals surface area contributed by atoms with Gasteiger partial charge in [-0.1, -0.05) is 19.3 Å². The van der Waals surface area contributed by atoms with Crippen LogP contribution in [0.3, 0.4) is 0 Å². The average molecular weight is 158 g/mol. The quantitative estimate of drug-likeness (QED) is 0.465. The van der Waals surface area contributed by atoms with Gasteiger partial charge in [0, 0.05) is 0 Å². The van der Waals surface area contributed by atoms with E-state index < -0.39 is 0 Å². The Hall–Kier alpha value is -0.640. The van der Waals surface area contributed by atoms with Crippen molar-refractivity contribution in [3.63, 3.8) is 0 Å². The third kappa shape index (κ3) is 2.15. The fraction of sp³-hybridized carbons (Fsp3) is 1.00. The molecule has 0 bridgehead atoms. The molecular weight excluding hydrogens is 144 g/mol. The molecule has 1 aliphatic rings. The van der Waals surface area contributed by atoms with Crippen molar-refractivity contribution in [1.82, 2.24) is 5.17 Å². The van der Waals surface area contributed by atoms with Crippen molar-refractivity contribution < 1.29 is 4.84 Å². The summed E-state index contributed by atoms with van der Waals surface area (Å²) in [7, 11) is 1.48. The molecule has 0 amide bonds. The molecule has 0 unspecified atom stereocenters. The number of hydrogen-bond acceptors (Lipinski definition) is 3. The predicted molar refractivity (Wildman–Crippen MR) is 41.5 cm³/mol. The van der Waals surface area contributed by atoms with Gasteiger partial charge < -0.3 is 0 Å². The summed E-state index contributed by atoms with van der Waals surface area (Å²) in [5.41, 5.74) is 0. The van der Waals surface area contributed by atoms with Gasteiger partial charge in [-0.3, -0.25) is 4.84 Å². The van der Waals surface area contributed by atoms with E-state index in [2.05, 4.69) is 5.29 Å². The van der Waals surface area contributed by atoms with E-state index in [4.69, 9.17) is 4.84 Å². The molecule has 1 aliphatic carbocycles. The molecule has 0 aromatic heterocycles. The maximum Gasteiger partial charge on any atom is 0.0791 e. The van der Waals surface area contributed by atoms with Gasteiger partial charge in [-0.2, -0.15) is 0 Å². The molecule has 0 N–H and O–H groups in total. The second-order valence-corrected chi connectivity index (χ2v) is 2.86. The molecule has 1 saturated carbocycles. The number of hydrogen-bond donors (Lipinski definition) is 0. The minimum Gasteiger partial charge on any atom is -0.257 e. The fourth-order valence-electron chi connectivity index (χ4n) is 1.55. The van der Waals surface area contributed by atoms with Gasteiger partial charge in [0.1, 0.15) is 0 Å². The molecular formula is C7H14N2O2. The van der Waals surface area contributed by atoms with Crippen LogP contribution in [0.1, 0.15) is 32.1 Å². The fourth-order valence-corrected chi connectivity index (χ4v) is 1.55. The first-order valence-corrected chi connectivity index (χ1v) is 4.05. The molecule has 1 fully saturated rings. The van der Waals surface area contributed by atoms with Crippen molar-refractivity contribution in [2.75, 3.05) is 7.11 Å². The lowest BCUT2D eigenvalue weighted by Crippen LogP contribution is -2.31. The molecule has 4 heteroatoms. The molecule has 0 saturated heterocycles. The summed E-state index contributed by atoms with van der Waals surface area (Å²) >= 11 is 0. The minimum absolute atomic E-state index is 0.214. The second-order valence-electron chi connectivity index (χ2n) is 2.86. The van der Waals surface area contributed by atoms with Crippen LogP contribution in [-0.4, -0.2) is 18.3 Å². The van der Waals surface area contributed by atoms with Gasteiger partial charge >= 0.3 is 0 Å². The second kappa shape index (κ2) is 4.28. The molecule has 11 heavy (non-hydrogen) atoms. The summed E-state index contributed by atoms with van der Waals surface area (Å²) in [4.78, 5) is 15.0. The van der Waals surface area contributed by atoms with Crippen LogP contribution in [0.25, 0.3) is 0 Å². The average Bonchev–Trinajstić information content (AvgIpc) is 2.09. The van der Waals surface area contributed by atoms with E-state index in [9.17, 15) is 4.91 Å². The van der Waals surface area contributed by atoms with Crippen LogP contribution >= 0.6 is 0 Å². The molecule has 4 nitrogen and oxygen atoms in total. The van der Waals surface area contributed by atoms with Crippen LogP contribution in [0.5, 0.6) is 0 Å². The zero-order valence-corrected chi connectivity index (χ0v) is 6.82. The summed E-state index contributed by atoms with van der Waals surface area (Å²) in [5.74, 6) is 0. The van der Waals surface area contributed by atoms with E-state index >= 15 is 0 Å². The first-order chi connectivity index (χ1) is 5.38. The van der Waals surface area contributed by atoms with Crippen LogP contribution in [0.2, 0.25) is 0 Å². The van der Waals surface area contributed by atoms with Gasteiger partial charge in [-0.05, 0) is 12.8 Å². The van der Waals surface area contributed by atoms with Crippen molar-refractivity contribution in [2.45, 2.75) is 38.1 Å². The Bertz CT molecular complexity index is 124. The van der Waals surface area contributed by atoms with Crippen LogP contribution in [0.15, 0.2) is 5.29 Å². The minimum atomic E-state index is 0.214. The van der Waals surface area contributed by atoms with Gasteiger partial charge in [0.15, 0.2) is 0 Å². The van der Waals surface area contributed by atoms with E-state index in [0.717, 1.165) is 12.8 Å². The SMILES string of the molecule is CON(N=O)C1CCCCC1. The maximum absolute atomic E-state index is 10.2. The summed E-state index contributed by atoms with van der Waals surface area (Å²) in [6.45, 7) is 0. The lowest BCUT2D eigenvalue weighted by molar-refractivity contribution is -0.169. The highest BCUT2D eigenvalue weighted by atomic mass is 16.7. The Kier molecular flexibility index (Phi) is 3.29. The largest absolute Gasteiger partial charge is 0.257 e. The molecule has 0 heterocycles. The topological polar surface area (TPSA) is 41.9 Å². The van der Waals surface area contributed by atoms with Crippen molar-refractivity contribution in [1.29, 1.82) is 0 Å². The van der Waals surface area contributed by atoms with Crippen LogP contribution in [-0.2, 0) is 4.84 Å². The molecule has 1 rings (SSSR count). The standard InChI is InChI=1S/C7H14N2O2/c1-11-9(8-10)7-5-3-2-4-6-7/h7H,2-6H2,1H3. The lowest BCUT2D eigenvalue weighted by Gasteiger charge is -2.26. The Morgan fingerprint density at radius 3 is 2.45 bits per heavy atom. The number of nitroso groups, excluding NO2 is 1. The molecule has 0 spiro atoms. The molecule has 0 aromatic rings. The zero-order chi connectivity index (χ0) is 8.10. The van der Waals surface area contributed by atoms with Crippen LogP contribution in [0, 0.1) is 4.91 Å². The van der Waals surface area contributed by atoms with E-state index in [0.29, 0.717) is 0 Å². The van der Waals surface area contributed by atoms with Gasteiger partial charge in [-0.25, -0.2) is 0 Å². The summed E-state index contributed by atoms with van der Waals surface area (Å²) in [5, 5.41) is 3.97. The molecule has 0 radical (unpaired) electrons. The summed E-state index contributed by atoms with van der Waals surface area (Å²) in [6.07, 6.45) is 5.69. The lowest BCUT2D eigenvalue weighted by atomic mass is 9.96. The number of nitrogens with zero attached hydrogens (tertiary/aromatic N) is 2. The summed E-state index contributed by atoms with van der Waals surface area (Å²) in [6, 6.07) is 0.214.